The molecule has 1 aliphatic carbocycles. The van der Waals surface area contributed by atoms with Crippen LogP contribution in [-0.4, -0.2) is 44.8 Å². The van der Waals surface area contributed by atoms with Crippen molar-refractivity contribution in [2.75, 3.05) is 13.1 Å². The standard InChI is InChI=1S/C16H27N3O/c1-18-12-9-17-16(18)8-11-19-10-4-6-14(19)13-5-2-3-7-15(13)20/h9,12-15,20H,2-8,10-11H2,1H3. The molecule has 4 heteroatoms. The van der Waals surface area contributed by atoms with E-state index in [4.69, 9.17) is 0 Å². The molecule has 2 fully saturated rings. The Morgan fingerprint density at radius 1 is 1.25 bits per heavy atom. The van der Waals surface area contributed by atoms with Gasteiger partial charge in [0.2, 0.25) is 0 Å². The molecule has 3 atom stereocenters. The Balaban J connectivity index is 1.59. The van der Waals surface area contributed by atoms with E-state index in [-0.39, 0.29) is 6.10 Å². The van der Waals surface area contributed by atoms with Crippen LogP contribution < -0.4 is 0 Å². The fraction of sp³-hybridized carbons (Fsp3) is 0.812. The van der Waals surface area contributed by atoms with Crippen LogP contribution in [0.5, 0.6) is 0 Å². The lowest BCUT2D eigenvalue weighted by Gasteiger charge is -2.37. The Morgan fingerprint density at radius 3 is 2.85 bits per heavy atom. The van der Waals surface area contributed by atoms with Gasteiger partial charge in [-0.3, -0.25) is 4.90 Å². The highest BCUT2D eigenvalue weighted by Gasteiger charge is 2.36. The molecule has 0 aromatic carbocycles. The van der Waals surface area contributed by atoms with Crippen LogP contribution in [0.25, 0.3) is 0 Å². The highest BCUT2D eigenvalue weighted by Crippen LogP contribution is 2.34. The van der Waals surface area contributed by atoms with Gasteiger partial charge in [-0.15, -0.1) is 0 Å². The van der Waals surface area contributed by atoms with Crippen molar-refractivity contribution in [2.24, 2.45) is 13.0 Å². The Hall–Kier alpha value is -0.870. The predicted octanol–water partition coefficient (Wildman–Crippen LogP) is 1.98. The van der Waals surface area contributed by atoms with E-state index in [1.54, 1.807) is 0 Å². The molecule has 2 heterocycles. The first-order valence-corrected chi connectivity index (χ1v) is 8.14. The molecule has 20 heavy (non-hydrogen) atoms. The lowest BCUT2D eigenvalue weighted by atomic mass is 9.80. The van der Waals surface area contributed by atoms with Crippen LogP contribution in [0.2, 0.25) is 0 Å². The van der Waals surface area contributed by atoms with Gasteiger partial charge >= 0.3 is 0 Å². The van der Waals surface area contributed by atoms with Crippen LogP contribution in [0.3, 0.4) is 0 Å². The van der Waals surface area contributed by atoms with Gasteiger partial charge in [-0.2, -0.15) is 0 Å². The third kappa shape index (κ3) is 2.91. The second-order valence-corrected chi connectivity index (χ2v) is 6.47. The molecular formula is C16H27N3O. The minimum atomic E-state index is -0.0671. The molecule has 112 valence electrons. The maximum absolute atomic E-state index is 10.3. The summed E-state index contributed by atoms with van der Waals surface area (Å²) in [6, 6.07) is 0.602. The van der Waals surface area contributed by atoms with Crippen molar-refractivity contribution in [1.82, 2.24) is 14.5 Å². The number of hydrogen-bond donors (Lipinski definition) is 1. The maximum atomic E-state index is 10.3. The van der Waals surface area contributed by atoms with E-state index in [2.05, 4.69) is 21.5 Å². The summed E-state index contributed by atoms with van der Waals surface area (Å²) in [7, 11) is 2.06. The lowest BCUT2D eigenvalue weighted by Crippen LogP contribution is -2.43. The van der Waals surface area contributed by atoms with E-state index in [1.165, 1.54) is 44.5 Å². The molecular weight excluding hydrogens is 250 g/mol. The summed E-state index contributed by atoms with van der Waals surface area (Å²) in [5.74, 6) is 1.67. The van der Waals surface area contributed by atoms with Gasteiger partial charge in [0.05, 0.1) is 6.10 Å². The highest BCUT2D eigenvalue weighted by atomic mass is 16.3. The van der Waals surface area contributed by atoms with Crippen LogP contribution >= 0.6 is 0 Å². The maximum Gasteiger partial charge on any atom is 0.109 e. The summed E-state index contributed by atoms with van der Waals surface area (Å²) in [6.07, 6.45) is 12.1. The molecule has 1 aromatic rings. The zero-order valence-electron chi connectivity index (χ0n) is 12.5. The van der Waals surface area contributed by atoms with Crippen LogP contribution in [0.4, 0.5) is 0 Å². The monoisotopic (exact) mass is 277 g/mol. The predicted molar refractivity (Wildman–Crippen MR) is 79.5 cm³/mol. The lowest BCUT2D eigenvalue weighted by molar-refractivity contribution is 0.0223. The normalized spacial score (nSPS) is 31.8. The zero-order valence-corrected chi connectivity index (χ0v) is 12.5. The Kier molecular flexibility index (Phi) is 4.41. The third-order valence-electron chi connectivity index (χ3n) is 5.23. The molecule has 1 saturated heterocycles. The van der Waals surface area contributed by atoms with Gasteiger partial charge in [0.1, 0.15) is 5.82 Å². The quantitative estimate of drug-likeness (QED) is 0.915. The van der Waals surface area contributed by atoms with Gasteiger partial charge in [-0.05, 0) is 32.2 Å². The first-order chi connectivity index (χ1) is 9.75. The van der Waals surface area contributed by atoms with Crippen LogP contribution in [0.15, 0.2) is 12.4 Å². The van der Waals surface area contributed by atoms with Crippen molar-refractivity contribution in [3.8, 4) is 0 Å². The van der Waals surface area contributed by atoms with E-state index in [0.717, 1.165) is 19.4 Å². The van der Waals surface area contributed by atoms with Gasteiger partial charge in [-0.1, -0.05) is 12.8 Å². The number of aliphatic hydroxyl groups is 1. The summed E-state index contributed by atoms with van der Waals surface area (Å²) >= 11 is 0. The topological polar surface area (TPSA) is 41.3 Å². The number of rotatable bonds is 4. The van der Waals surface area contributed by atoms with Gasteiger partial charge in [0.15, 0.2) is 0 Å². The highest BCUT2D eigenvalue weighted by molar-refractivity contribution is 4.95. The molecule has 0 radical (unpaired) electrons. The average molecular weight is 277 g/mol. The number of aromatic nitrogens is 2. The number of likely N-dealkylation sites (tertiary alicyclic amines) is 1. The Labute approximate surface area is 121 Å². The van der Waals surface area contributed by atoms with E-state index < -0.39 is 0 Å². The molecule has 0 bridgehead atoms. The van der Waals surface area contributed by atoms with Gasteiger partial charge in [0.25, 0.3) is 0 Å². The third-order valence-corrected chi connectivity index (χ3v) is 5.23. The van der Waals surface area contributed by atoms with Crippen LogP contribution in [0.1, 0.15) is 44.3 Å². The van der Waals surface area contributed by atoms with Gasteiger partial charge in [-0.25, -0.2) is 4.98 Å². The zero-order chi connectivity index (χ0) is 13.9. The van der Waals surface area contributed by atoms with Gasteiger partial charge in [0, 0.05) is 44.4 Å². The summed E-state index contributed by atoms with van der Waals surface area (Å²) < 4.78 is 2.11. The molecule has 3 unspecified atom stereocenters. The molecule has 4 nitrogen and oxygen atoms in total. The van der Waals surface area contributed by atoms with Crippen LogP contribution in [0, 0.1) is 5.92 Å². The largest absolute Gasteiger partial charge is 0.393 e. The molecule has 1 N–H and O–H groups in total. The van der Waals surface area contributed by atoms with Crippen molar-refractivity contribution < 1.29 is 5.11 Å². The fourth-order valence-corrected chi connectivity index (χ4v) is 4.08. The van der Waals surface area contributed by atoms with Crippen molar-refractivity contribution in [3.05, 3.63) is 18.2 Å². The summed E-state index contributed by atoms with van der Waals surface area (Å²) in [5.41, 5.74) is 0. The van der Waals surface area contributed by atoms with E-state index in [0.29, 0.717) is 12.0 Å². The van der Waals surface area contributed by atoms with E-state index >= 15 is 0 Å². The smallest absolute Gasteiger partial charge is 0.109 e. The Morgan fingerprint density at radius 2 is 2.10 bits per heavy atom. The molecule has 2 aliphatic rings. The minimum Gasteiger partial charge on any atom is -0.393 e. The molecule has 0 amide bonds. The molecule has 0 spiro atoms. The van der Waals surface area contributed by atoms with Gasteiger partial charge < -0.3 is 9.67 Å². The molecule has 1 aromatic heterocycles. The molecule has 3 rings (SSSR count). The van der Waals surface area contributed by atoms with E-state index in [1.807, 2.05) is 12.4 Å². The second-order valence-electron chi connectivity index (χ2n) is 6.47. The van der Waals surface area contributed by atoms with E-state index in [9.17, 15) is 5.11 Å². The van der Waals surface area contributed by atoms with Crippen LogP contribution in [-0.2, 0) is 13.5 Å². The minimum absolute atomic E-state index is 0.0671. The SMILES string of the molecule is Cn1ccnc1CCN1CCCC1C1CCCCC1O. The average Bonchev–Trinajstić information content (AvgIpc) is 3.06. The van der Waals surface area contributed by atoms with Crippen molar-refractivity contribution in [2.45, 2.75) is 57.1 Å². The van der Waals surface area contributed by atoms with Crippen molar-refractivity contribution in [1.29, 1.82) is 0 Å². The molecule has 1 aliphatic heterocycles. The fourth-order valence-electron chi connectivity index (χ4n) is 4.08. The number of nitrogens with zero attached hydrogens (tertiary/aromatic N) is 3. The first-order valence-electron chi connectivity index (χ1n) is 8.14. The molecule has 1 saturated carbocycles. The number of hydrogen-bond acceptors (Lipinski definition) is 3. The first kappa shape index (κ1) is 14.1. The van der Waals surface area contributed by atoms with Crippen molar-refractivity contribution in [3.63, 3.8) is 0 Å². The number of imidazole rings is 1. The summed E-state index contributed by atoms with van der Waals surface area (Å²) in [6.45, 7) is 2.27. The second kappa shape index (κ2) is 6.27. The summed E-state index contributed by atoms with van der Waals surface area (Å²) in [5, 5.41) is 10.3. The summed E-state index contributed by atoms with van der Waals surface area (Å²) in [4.78, 5) is 7.02. The van der Waals surface area contributed by atoms with Crippen molar-refractivity contribution >= 4 is 0 Å². The number of aliphatic hydroxyl groups excluding tert-OH is 1. The Bertz CT molecular complexity index is 431. The number of aryl methyl sites for hydroxylation is 1.